The summed E-state index contributed by atoms with van der Waals surface area (Å²) in [6.45, 7) is 8.92. The summed E-state index contributed by atoms with van der Waals surface area (Å²) in [4.78, 5) is 0. The first kappa shape index (κ1) is 12.5. The Bertz CT molecular complexity index is 398. The lowest BCUT2D eigenvalue weighted by molar-refractivity contribution is 0.349. The Kier molecular flexibility index (Phi) is 3.47. The zero-order chi connectivity index (χ0) is 12.5. The monoisotopic (exact) mass is 250 g/mol. The topological polar surface area (TPSA) is 22.4 Å². The lowest BCUT2D eigenvalue weighted by Crippen LogP contribution is -2.27. The smallest absolute Gasteiger partial charge is 0.241 e. The minimum atomic E-state index is -1.49. The van der Waals surface area contributed by atoms with Gasteiger partial charge in [0.2, 0.25) is 8.32 Å². The lowest BCUT2D eigenvalue weighted by atomic mass is 9.86. The molecular weight excluding hydrogens is 228 g/mol. The zero-order valence-electron chi connectivity index (χ0n) is 11.2. The summed E-state index contributed by atoms with van der Waals surface area (Å²) < 4.78 is 11.7. The Hall–Kier alpha value is -0.963. The molecule has 0 N–H and O–H groups in total. The van der Waals surface area contributed by atoms with Crippen LogP contribution in [-0.2, 0) is 4.43 Å². The van der Waals surface area contributed by atoms with Gasteiger partial charge >= 0.3 is 0 Å². The van der Waals surface area contributed by atoms with Gasteiger partial charge in [-0.15, -0.1) is 0 Å². The Labute approximate surface area is 105 Å². The highest BCUT2D eigenvalue weighted by Crippen LogP contribution is 2.38. The highest BCUT2D eigenvalue weighted by Gasteiger charge is 2.27. The SMILES string of the molecule is CC1=C(O[Si](C)(C)C)CCCC1c1ccco1. The van der Waals surface area contributed by atoms with Gasteiger partial charge in [-0.05, 0) is 57.1 Å². The molecule has 0 radical (unpaired) electrons. The van der Waals surface area contributed by atoms with Gasteiger partial charge in [-0.25, -0.2) is 0 Å². The molecule has 0 bridgehead atoms. The Morgan fingerprint density at radius 1 is 1.35 bits per heavy atom. The standard InChI is InChI=1S/C14H22O2Si/c1-11-12(14-9-6-10-15-14)7-5-8-13(11)16-17(2,3)4/h6,9-10,12H,5,7-8H2,1-4H3. The summed E-state index contributed by atoms with van der Waals surface area (Å²) >= 11 is 0. The molecule has 1 unspecified atom stereocenters. The maximum Gasteiger partial charge on any atom is 0.241 e. The molecule has 0 aromatic carbocycles. The van der Waals surface area contributed by atoms with Crippen LogP contribution in [0.4, 0.5) is 0 Å². The van der Waals surface area contributed by atoms with Crippen LogP contribution in [-0.4, -0.2) is 8.32 Å². The van der Waals surface area contributed by atoms with Crippen molar-refractivity contribution in [2.45, 2.75) is 51.7 Å². The van der Waals surface area contributed by atoms with E-state index >= 15 is 0 Å². The van der Waals surface area contributed by atoms with Gasteiger partial charge in [0.05, 0.1) is 12.0 Å². The molecular formula is C14H22O2Si. The molecule has 17 heavy (non-hydrogen) atoms. The third-order valence-corrected chi connectivity index (χ3v) is 4.03. The molecule has 1 aliphatic rings. The van der Waals surface area contributed by atoms with E-state index in [1.54, 1.807) is 6.26 Å². The predicted octanol–water partition coefficient (Wildman–Crippen LogP) is 4.67. The summed E-state index contributed by atoms with van der Waals surface area (Å²) in [6.07, 6.45) is 5.23. The third-order valence-electron chi connectivity index (χ3n) is 3.18. The van der Waals surface area contributed by atoms with Crippen LogP contribution in [0.15, 0.2) is 34.1 Å². The van der Waals surface area contributed by atoms with Gasteiger partial charge in [0.1, 0.15) is 5.76 Å². The quantitative estimate of drug-likeness (QED) is 0.727. The summed E-state index contributed by atoms with van der Waals surface area (Å²) in [5.41, 5.74) is 1.37. The van der Waals surface area contributed by atoms with E-state index in [1.165, 1.54) is 24.2 Å². The second-order valence-corrected chi connectivity index (χ2v) is 10.2. The molecule has 94 valence electrons. The van der Waals surface area contributed by atoms with E-state index in [9.17, 15) is 0 Å². The van der Waals surface area contributed by atoms with E-state index in [4.69, 9.17) is 8.84 Å². The molecule has 1 heterocycles. The first-order valence-corrected chi connectivity index (χ1v) is 9.80. The van der Waals surface area contributed by atoms with Crippen molar-refractivity contribution in [3.05, 3.63) is 35.5 Å². The van der Waals surface area contributed by atoms with Gasteiger partial charge in [0, 0.05) is 12.3 Å². The molecule has 0 aliphatic heterocycles. The summed E-state index contributed by atoms with van der Waals surface area (Å²) in [5, 5.41) is 0. The predicted molar refractivity (Wildman–Crippen MR) is 72.4 cm³/mol. The van der Waals surface area contributed by atoms with Gasteiger partial charge in [-0.1, -0.05) is 0 Å². The highest BCUT2D eigenvalue weighted by molar-refractivity contribution is 6.70. The van der Waals surface area contributed by atoms with Crippen molar-refractivity contribution < 1.29 is 8.84 Å². The van der Waals surface area contributed by atoms with Gasteiger partial charge in [0.15, 0.2) is 0 Å². The first-order valence-electron chi connectivity index (χ1n) is 6.39. The van der Waals surface area contributed by atoms with Crippen LogP contribution in [0, 0.1) is 0 Å². The van der Waals surface area contributed by atoms with E-state index in [1.807, 2.05) is 6.07 Å². The van der Waals surface area contributed by atoms with E-state index in [-0.39, 0.29) is 0 Å². The number of rotatable bonds is 3. The molecule has 1 aromatic heterocycles. The van der Waals surface area contributed by atoms with Crippen LogP contribution >= 0.6 is 0 Å². The number of allylic oxidation sites excluding steroid dienone is 2. The van der Waals surface area contributed by atoms with E-state index in [0.717, 1.165) is 12.2 Å². The Balaban J connectivity index is 2.23. The number of furan rings is 1. The number of hydrogen-bond acceptors (Lipinski definition) is 2. The molecule has 0 amide bonds. The molecule has 0 fully saturated rings. The summed E-state index contributed by atoms with van der Waals surface area (Å²) in [5.74, 6) is 2.72. The molecule has 2 nitrogen and oxygen atoms in total. The fourth-order valence-electron chi connectivity index (χ4n) is 2.42. The van der Waals surface area contributed by atoms with Crippen molar-refractivity contribution in [2.75, 3.05) is 0 Å². The van der Waals surface area contributed by atoms with Crippen LogP contribution < -0.4 is 0 Å². The van der Waals surface area contributed by atoms with Crippen molar-refractivity contribution in [3.8, 4) is 0 Å². The third kappa shape index (κ3) is 3.03. The van der Waals surface area contributed by atoms with Gasteiger partial charge in [0.25, 0.3) is 0 Å². The lowest BCUT2D eigenvalue weighted by Gasteiger charge is -2.30. The zero-order valence-corrected chi connectivity index (χ0v) is 12.2. The van der Waals surface area contributed by atoms with E-state index < -0.39 is 8.32 Å². The molecule has 3 heteroatoms. The largest absolute Gasteiger partial charge is 0.547 e. The molecule has 0 spiro atoms. The molecule has 0 saturated carbocycles. The van der Waals surface area contributed by atoms with Crippen molar-refractivity contribution in [1.29, 1.82) is 0 Å². The fraction of sp³-hybridized carbons (Fsp3) is 0.571. The highest BCUT2D eigenvalue weighted by atomic mass is 28.4. The van der Waals surface area contributed by atoms with Gasteiger partial charge < -0.3 is 8.84 Å². The second kappa shape index (κ2) is 4.73. The normalized spacial score (nSPS) is 21.8. The fourth-order valence-corrected chi connectivity index (χ4v) is 3.42. The Morgan fingerprint density at radius 3 is 2.71 bits per heavy atom. The van der Waals surface area contributed by atoms with Crippen LogP contribution in [0.1, 0.15) is 37.9 Å². The van der Waals surface area contributed by atoms with Crippen molar-refractivity contribution >= 4 is 8.32 Å². The first-order chi connectivity index (χ1) is 7.97. The minimum absolute atomic E-state index is 0.421. The van der Waals surface area contributed by atoms with Crippen molar-refractivity contribution in [1.82, 2.24) is 0 Å². The van der Waals surface area contributed by atoms with E-state index in [0.29, 0.717) is 5.92 Å². The van der Waals surface area contributed by atoms with Crippen LogP contribution in [0.5, 0.6) is 0 Å². The summed E-state index contributed by atoms with van der Waals surface area (Å²) in [7, 11) is -1.49. The number of hydrogen-bond donors (Lipinski definition) is 0. The molecule has 1 aliphatic carbocycles. The van der Waals surface area contributed by atoms with Crippen molar-refractivity contribution in [2.24, 2.45) is 0 Å². The average molecular weight is 250 g/mol. The summed E-state index contributed by atoms with van der Waals surface area (Å²) in [6, 6.07) is 4.04. The molecule has 2 rings (SSSR count). The molecule has 1 atom stereocenters. The van der Waals surface area contributed by atoms with Crippen LogP contribution in [0.3, 0.4) is 0 Å². The Morgan fingerprint density at radius 2 is 2.12 bits per heavy atom. The maximum atomic E-state index is 6.20. The van der Waals surface area contributed by atoms with Gasteiger partial charge in [-0.2, -0.15) is 0 Å². The average Bonchev–Trinajstić information content (AvgIpc) is 2.72. The van der Waals surface area contributed by atoms with Gasteiger partial charge in [-0.3, -0.25) is 0 Å². The van der Waals surface area contributed by atoms with Crippen LogP contribution in [0.25, 0.3) is 0 Å². The second-order valence-electron chi connectivity index (χ2n) is 5.78. The van der Waals surface area contributed by atoms with E-state index in [2.05, 4.69) is 32.6 Å². The van der Waals surface area contributed by atoms with Crippen molar-refractivity contribution in [3.63, 3.8) is 0 Å². The molecule has 0 saturated heterocycles. The molecule has 1 aromatic rings. The minimum Gasteiger partial charge on any atom is -0.547 e. The maximum absolute atomic E-state index is 6.20. The van der Waals surface area contributed by atoms with Crippen LogP contribution in [0.2, 0.25) is 19.6 Å².